The summed E-state index contributed by atoms with van der Waals surface area (Å²) in [6.45, 7) is 10.7. The Balaban J connectivity index is -0.000000372. The first kappa shape index (κ1) is 14.3. The SMILES string of the molecule is Cc1nn(C2CCNCC2)c(C)c1-c1cc(N2CCOC[C@H]2C)nc(-c2cncc3[nH]ccc23)n1.[2HH].[2H][2H].[2H][2H].[2H][2H].[2H][2H].[2H][2H].[2H][2H].[2H][2H].[2H][2H].[2H][2H]. The number of hydrogen-bond acceptors (Lipinski definition) is 7. The van der Waals surface area contributed by atoms with Crippen LogP contribution in [-0.2, 0) is 4.74 Å². The number of anilines is 1. The zero-order chi connectivity index (χ0) is 41.9. The van der Waals surface area contributed by atoms with Gasteiger partial charge in [0.05, 0.1) is 48.4 Å². The van der Waals surface area contributed by atoms with E-state index >= 15 is 0 Å². The molecule has 0 unspecified atom stereocenters. The van der Waals surface area contributed by atoms with Gasteiger partial charge in [0.2, 0.25) is 0 Å². The van der Waals surface area contributed by atoms with Crippen molar-refractivity contribution in [1.29, 1.82) is 0 Å². The molecule has 0 saturated carbocycles. The first-order valence-corrected chi connectivity index (χ1v) is 12.5. The Morgan fingerprint density at radius 3 is 2.86 bits per heavy atom. The third-order valence-electron chi connectivity index (χ3n) is 7.33. The molecule has 202 valence electrons. The smallest absolute Gasteiger partial charge is 0.164 e. The molecule has 0 spiro atoms. The molecule has 2 saturated heterocycles. The van der Waals surface area contributed by atoms with Crippen molar-refractivity contribution >= 4 is 16.7 Å². The predicted octanol–water partition coefficient (Wildman–Crippen LogP) is 6.11. The molecule has 6 rings (SSSR count). The van der Waals surface area contributed by atoms with Crippen LogP contribution < -0.4 is 10.2 Å². The molecule has 0 amide bonds. The molecule has 0 aromatic carbocycles. The summed E-state index contributed by atoms with van der Waals surface area (Å²) in [5.74, 6) is 1.60. The molecule has 1 atom stereocenters. The normalized spacial score (nSPS) is 21.6. The Bertz CT molecular complexity index is 1400. The molecule has 2 fully saturated rings. The van der Waals surface area contributed by atoms with Crippen LogP contribution in [0.5, 0.6) is 0 Å². The van der Waals surface area contributed by atoms with Crippen LogP contribution in [0.3, 0.4) is 0 Å². The van der Waals surface area contributed by atoms with Crippen LogP contribution in [0.15, 0.2) is 30.7 Å². The number of H-pyrrole nitrogens is 1. The fraction of sp³-hybridized carbons (Fsp3) is 0.462. The van der Waals surface area contributed by atoms with Crippen LogP contribution in [0.4, 0.5) is 5.82 Å². The second-order valence-corrected chi connectivity index (χ2v) is 9.65. The maximum Gasteiger partial charge on any atom is 0.164 e. The first-order chi connectivity index (χ1) is 26.1. The lowest BCUT2D eigenvalue weighted by molar-refractivity contribution is 0.0985. The molecule has 0 aliphatic carbocycles. The fourth-order valence-corrected chi connectivity index (χ4v) is 5.50. The zero-order valence-corrected chi connectivity index (χ0v) is 20.6. The molecule has 9 nitrogen and oxygen atoms in total. The van der Waals surface area contributed by atoms with Crippen molar-refractivity contribution in [3.05, 3.63) is 42.1 Å². The molecule has 0 radical (unpaired) electrons. The van der Waals surface area contributed by atoms with E-state index in [1.165, 1.54) is 0 Å². The highest BCUT2D eigenvalue weighted by Crippen LogP contribution is 2.34. The lowest BCUT2D eigenvalue weighted by atomic mass is 10.1. The molecule has 35 heavy (non-hydrogen) atoms. The van der Waals surface area contributed by atoms with E-state index in [1.807, 2.05) is 18.6 Å². The number of morpholine rings is 1. The summed E-state index contributed by atoms with van der Waals surface area (Å²) < 4.78 is 97.9. The highest BCUT2D eigenvalue weighted by atomic mass is 16.5. The van der Waals surface area contributed by atoms with E-state index in [0.717, 1.165) is 77.4 Å². The Kier molecular flexibility index (Phi) is 3.70. The minimum absolute atomic E-state index is 0. The van der Waals surface area contributed by atoms with Gasteiger partial charge in [-0.3, -0.25) is 9.67 Å². The molecule has 0 bridgehead atoms. The third kappa shape index (κ3) is 3.98. The molecule has 4 aromatic heterocycles. The minimum Gasteiger partial charge on any atom is -0.377 e. The third-order valence-corrected chi connectivity index (χ3v) is 7.33. The molecule has 9 heteroatoms. The lowest BCUT2D eigenvalue weighted by Gasteiger charge is -2.34. The summed E-state index contributed by atoms with van der Waals surface area (Å²) in [7, 11) is 0. The van der Waals surface area contributed by atoms with Crippen LogP contribution in [-0.4, -0.2) is 68.6 Å². The van der Waals surface area contributed by atoms with Crippen LogP contribution in [0, 0.1) is 13.8 Å². The fourth-order valence-electron chi connectivity index (χ4n) is 5.50. The van der Waals surface area contributed by atoms with Crippen LogP contribution >= 0.6 is 0 Å². The maximum absolute atomic E-state index is 5.70. The Labute approximate surface area is 234 Å². The van der Waals surface area contributed by atoms with Gasteiger partial charge in [0.15, 0.2) is 5.82 Å². The number of pyridine rings is 1. The van der Waals surface area contributed by atoms with Crippen molar-refractivity contribution in [2.75, 3.05) is 37.7 Å². The van der Waals surface area contributed by atoms with Gasteiger partial charge in [-0.1, -0.05) is 0 Å². The largest absolute Gasteiger partial charge is 0.377 e. The number of fused-ring (bicyclic) bond motifs is 1. The zero-order valence-electron chi connectivity index (χ0n) is 38.6. The average Bonchev–Trinajstić information content (AvgIpc) is 3.88. The van der Waals surface area contributed by atoms with E-state index in [9.17, 15) is 0 Å². The summed E-state index contributed by atoms with van der Waals surface area (Å²) in [6.07, 6.45) is 7.81. The first-order valence-electron chi connectivity index (χ1n) is 21.5. The van der Waals surface area contributed by atoms with Gasteiger partial charge < -0.3 is 19.9 Å². The van der Waals surface area contributed by atoms with E-state index in [-0.39, 0.29) is 7.47 Å². The summed E-state index contributed by atoms with van der Waals surface area (Å²) in [6, 6.07) is 4.84. The number of nitrogens with zero attached hydrogens (tertiary/aromatic N) is 6. The monoisotopic (exact) mass is 512 g/mol. The summed E-state index contributed by atoms with van der Waals surface area (Å²) in [5.41, 5.74) is 6.08. The molecular formula is C26H52N8O. The van der Waals surface area contributed by atoms with Gasteiger partial charge >= 0.3 is 0 Å². The van der Waals surface area contributed by atoms with Gasteiger partial charge in [-0.25, -0.2) is 9.97 Å². The lowest BCUT2D eigenvalue weighted by Crippen LogP contribution is -2.44. The molecular weight excluding hydrogens is 440 g/mol. The summed E-state index contributed by atoms with van der Waals surface area (Å²) in [4.78, 5) is 20.2. The van der Waals surface area contributed by atoms with Gasteiger partial charge in [-0.2, -0.15) is 5.10 Å². The predicted molar refractivity (Wildman–Crippen MR) is 158 cm³/mol. The number of nitrogens with one attached hydrogen (secondary N) is 2. The number of ether oxygens (including phenoxy) is 1. The Hall–Kier alpha value is -3.30. The standard InChI is InChI=1S/C26H32N8O.10H2/c1-16-15-35-11-10-33(16)24-12-22(25-17(2)32-34(18(25)3)19-4-7-27-8-5-19)30-26(31-24)21-13-28-14-23-20(21)6-9-29-23;;;;;;;;;;/h6,9,12-14,16,19,27,29H,4-5,7-8,10-11,15H2,1-3H3;10*1H/t16-;;;;;;;;;;/m1........../s1/i;9*1+1D;1+1. The molecule has 4 aromatic rings. The highest BCUT2D eigenvalue weighted by molar-refractivity contribution is 5.92. The van der Waals surface area contributed by atoms with Gasteiger partial charge in [-0.05, 0) is 52.8 Å². The van der Waals surface area contributed by atoms with Crippen LogP contribution in [0.2, 0.25) is 0 Å². The van der Waals surface area contributed by atoms with Crippen molar-refractivity contribution in [2.45, 2.75) is 45.7 Å². The van der Waals surface area contributed by atoms with Crippen LogP contribution in [0.1, 0.15) is 65.3 Å². The van der Waals surface area contributed by atoms with E-state index in [2.05, 4.69) is 57.8 Å². The highest BCUT2D eigenvalue weighted by Gasteiger charge is 2.26. The Morgan fingerprint density at radius 2 is 2.03 bits per heavy atom. The summed E-state index contributed by atoms with van der Waals surface area (Å²) >= 11 is 0. The van der Waals surface area contributed by atoms with Crippen molar-refractivity contribution in [2.24, 2.45) is 0 Å². The van der Waals surface area contributed by atoms with Gasteiger partial charge in [0.25, 0.3) is 0 Å². The quantitative estimate of drug-likeness (QED) is 0.341. The molecule has 2 aliphatic heterocycles. The number of piperidine rings is 1. The van der Waals surface area contributed by atoms with E-state index in [1.54, 1.807) is 0 Å². The Morgan fingerprint density at radius 1 is 1.17 bits per heavy atom. The van der Waals surface area contributed by atoms with Crippen molar-refractivity contribution in [1.82, 2.24) is 35.0 Å². The van der Waals surface area contributed by atoms with Crippen molar-refractivity contribution in [3.63, 3.8) is 0 Å². The van der Waals surface area contributed by atoms with Gasteiger partial charge in [0, 0.05) is 75.4 Å². The topological polar surface area (TPSA) is 96.8 Å². The average molecular weight is 512 g/mol. The van der Waals surface area contributed by atoms with Crippen molar-refractivity contribution < 1.29 is 32.9 Å². The van der Waals surface area contributed by atoms with Crippen molar-refractivity contribution in [3.8, 4) is 22.6 Å². The molecule has 6 heterocycles. The van der Waals surface area contributed by atoms with E-state index < -0.39 is 0 Å². The van der Waals surface area contributed by atoms with E-state index in [0.29, 0.717) is 25.1 Å². The minimum atomic E-state index is 0. The number of rotatable bonds is 4. The number of aromatic nitrogens is 6. The number of aromatic amines is 1. The number of aryl methyl sites for hydroxylation is 1. The van der Waals surface area contributed by atoms with Gasteiger partial charge in [0.1, 0.15) is 5.82 Å². The van der Waals surface area contributed by atoms with E-state index in [4.69, 9.17) is 46.5 Å². The second-order valence-electron chi connectivity index (χ2n) is 9.65. The molecule has 2 aliphatic rings. The molecule has 2 N–H and O–H groups in total. The van der Waals surface area contributed by atoms with Crippen LogP contribution in [0.25, 0.3) is 33.5 Å². The number of hydrogen-bond donors (Lipinski definition) is 2. The van der Waals surface area contributed by atoms with Gasteiger partial charge in [-0.15, -0.1) is 0 Å². The summed E-state index contributed by atoms with van der Waals surface area (Å²) in [5, 5.41) is 9.51. The maximum atomic E-state index is 5.70. The second kappa shape index (κ2) is 9.05.